The number of piperazine rings is 1. The normalized spacial score (nSPS) is 55.4. The Balaban J connectivity index is 1.38. The van der Waals surface area contributed by atoms with E-state index in [0.717, 1.165) is 56.8 Å². The lowest BCUT2D eigenvalue weighted by molar-refractivity contribution is -0.155. The summed E-state index contributed by atoms with van der Waals surface area (Å²) in [7, 11) is 2.22. The van der Waals surface area contributed by atoms with Crippen LogP contribution in [0.2, 0.25) is 0 Å². The van der Waals surface area contributed by atoms with Gasteiger partial charge >= 0.3 is 0 Å². The molecule has 4 aliphatic carbocycles. The first-order valence-electron chi connectivity index (χ1n) is 12.1. The molecule has 2 N–H and O–H groups in total. The molecule has 5 aliphatic rings. The lowest BCUT2D eigenvalue weighted by Crippen LogP contribution is -2.61. The number of aliphatic hydroxyl groups excluding tert-OH is 2. The molecule has 0 amide bonds. The summed E-state index contributed by atoms with van der Waals surface area (Å²) in [5, 5.41) is 21.8. The van der Waals surface area contributed by atoms with E-state index in [9.17, 15) is 10.2 Å². The Morgan fingerprint density at radius 1 is 0.821 bits per heavy atom. The van der Waals surface area contributed by atoms with Crippen molar-refractivity contribution in [2.75, 3.05) is 33.2 Å². The van der Waals surface area contributed by atoms with Gasteiger partial charge in [-0.2, -0.15) is 0 Å². The molecule has 0 radical (unpaired) electrons. The number of aliphatic hydroxyl groups is 2. The van der Waals surface area contributed by atoms with E-state index in [1.807, 2.05) is 0 Å². The second kappa shape index (κ2) is 6.93. The minimum Gasteiger partial charge on any atom is -0.393 e. The summed E-state index contributed by atoms with van der Waals surface area (Å²) in [5.74, 6) is 3.04. The van der Waals surface area contributed by atoms with Gasteiger partial charge in [0.2, 0.25) is 0 Å². The maximum atomic E-state index is 11.1. The Labute approximate surface area is 171 Å². The number of fused-ring (bicyclic) bond motifs is 5. The summed E-state index contributed by atoms with van der Waals surface area (Å²) < 4.78 is 0. The Hall–Kier alpha value is -0.160. The quantitative estimate of drug-likeness (QED) is 0.723. The first kappa shape index (κ1) is 19.8. The van der Waals surface area contributed by atoms with Gasteiger partial charge in [-0.25, -0.2) is 0 Å². The van der Waals surface area contributed by atoms with Crippen molar-refractivity contribution in [3.8, 4) is 0 Å². The molecule has 160 valence electrons. The molecule has 4 nitrogen and oxygen atoms in total. The molecule has 1 heterocycles. The monoisotopic (exact) mass is 390 g/mol. The maximum absolute atomic E-state index is 11.1. The summed E-state index contributed by atoms with van der Waals surface area (Å²) in [6.07, 6.45) is 9.40. The molecule has 0 spiro atoms. The molecule has 4 saturated carbocycles. The Kier molecular flexibility index (Phi) is 4.90. The van der Waals surface area contributed by atoms with Crippen LogP contribution in [0.15, 0.2) is 0 Å². The summed E-state index contributed by atoms with van der Waals surface area (Å²) in [5.41, 5.74) is 0.556. The van der Waals surface area contributed by atoms with Gasteiger partial charge in [0.1, 0.15) is 0 Å². The van der Waals surface area contributed by atoms with E-state index in [2.05, 4.69) is 30.7 Å². The minimum atomic E-state index is -0.139. The molecule has 1 saturated heterocycles. The molecule has 0 bridgehead atoms. The Morgan fingerprint density at radius 3 is 2.29 bits per heavy atom. The van der Waals surface area contributed by atoms with Crippen LogP contribution in [-0.2, 0) is 0 Å². The van der Waals surface area contributed by atoms with Crippen LogP contribution in [0.4, 0.5) is 0 Å². The van der Waals surface area contributed by atoms with Crippen LogP contribution in [0.1, 0.15) is 65.2 Å². The zero-order chi connectivity index (χ0) is 19.7. The first-order valence-corrected chi connectivity index (χ1v) is 12.1. The second-order valence-corrected chi connectivity index (χ2v) is 11.7. The lowest BCUT2D eigenvalue weighted by atomic mass is 9.44. The van der Waals surface area contributed by atoms with Crippen molar-refractivity contribution in [1.29, 1.82) is 0 Å². The van der Waals surface area contributed by atoms with E-state index in [0.29, 0.717) is 17.4 Å². The summed E-state index contributed by atoms with van der Waals surface area (Å²) in [6.45, 7) is 9.47. The molecule has 5 fully saturated rings. The summed E-state index contributed by atoms with van der Waals surface area (Å²) in [6, 6.07) is 0.358. The molecular weight excluding hydrogens is 348 g/mol. The Bertz CT molecular complexity index is 591. The number of rotatable bonds is 1. The topological polar surface area (TPSA) is 46.9 Å². The summed E-state index contributed by atoms with van der Waals surface area (Å²) >= 11 is 0. The average molecular weight is 391 g/mol. The second-order valence-electron chi connectivity index (χ2n) is 11.7. The van der Waals surface area contributed by atoms with Gasteiger partial charge in [-0.3, -0.25) is 4.90 Å². The number of hydrogen-bond acceptors (Lipinski definition) is 4. The van der Waals surface area contributed by atoms with Crippen molar-refractivity contribution in [3.05, 3.63) is 0 Å². The maximum Gasteiger partial charge on any atom is 0.0698 e. The molecule has 5 rings (SSSR count). The van der Waals surface area contributed by atoms with Crippen molar-refractivity contribution in [1.82, 2.24) is 9.80 Å². The standard InChI is InChI=1S/C24H42N2O2/c1-23-9-8-19-17(18(23)6-7-22(23)28)5-4-16-14-21(27)20(15-24(16,19)2)26-12-10-25(3)11-13-26/h16-22,27-28H,4-15H2,1-3H3/t16-,17-,18-,19-,20-,21-,22-,23-,24-/m0/s1. The number of nitrogens with zero attached hydrogens (tertiary/aromatic N) is 2. The van der Waals surface area contributed by atoms with Gasteiger partial charge in [0.05, 0.1) is 12.2 Å². The molecule has 1 aliphatic heterocycles. The fraction of sp³-hybridized carbons (Fsp3) is 1.00. The van der Waals surface area contributed by atoms with Crippen molar-refractivity contribution >= 4 is 0 Å². The van der Waals surface area contributed by atoms with Crippen LogP contribution in [0.3, 0.4) is 0 Å². The molecule has 0 aromatic rings. The Morgan fingerprint density at radius 2 is 1.54 bits per heavy atom. The third-order valence-electron chi connectivity index (χ3n) is 10.6. The zero-order valence-electron chi connectivity index (χ0n) is 18.3. The van der Waals surface area contributed by atoms with E-state index in [1.54, 1.807) is 0 Å². The molecule has 0 aromatic carbocycles. The highest BCUT2D eigenvalue weighted by Gasteiger charge is 2.61. The molecule has 9 atom stereocenters. The van der Waals surface area contributed by atoms with E-state index in [-0.39, 0.29) is 17.6 Å². The van der Waals surface area contributed by atoms with Crippen LogP contribution in [0.5, 0.6) is 0 Å². The van der Waals surface area contributed by atoms with Crippen LogP contribution < -0.4 is 0 Å². The molecule has 0 unspecified atom stereocenters. The van der Waals surface area contributed by atoms with Crippen LogP contribution >= 0.6 is 0 Å². The van der Waals surface area contributed by atoms with Gasteiger partial charge in [-0.05, 0) is 92.9 Å². The fourth-order valence-corrected chi connectivity index (χ4v) is 8.77. The van der Waals surface area contributed by atoms with Gasteiger partial charge < -0.3 is 15.1 Å². The molecule has 4 heteroatoms. The van der Waals surface area contributed by atoms with E-state index < -0.39 is 0 Å². The van der Waals surface area contributed by atoms with E-state index in [4.69, 9.17) is 0 Å². The highest BCUT2D eigenvalue weighted by atomic mass is 16.3. The summed E-state index contributed by atoms with van der Waals surface area (Å²) in [4.78, 5) is 5.03. The first-order chi connectivity index (χ1) is 13.3. The van der Waals surface area contributed by atoms with Crippen molar-refractivity contribution in [3.63, 3.8) is 0 Å². The third kappa shape index (κ3) is 2.85. The molecule has 28 heavy (non-hydrogen) atoms. The number of likely N-dealkylation sites (N-methyl/N-ethyl adjacent to an activating group) is 1. The van der Waals surface area contributed by atoms with Gasteiger partial charge in [0.15, 0.2) is 0 Å². The van der Waals surface area contributed by atoms with Crippen molar-refractivity contribution in [2.24, 2.45) is 34.5 Å². The highest BCUT2D eigenvalue weighted by molar-refractivity contribution is 5.11. The zero-order valence-corrected chi connectivity index (χ0v) is 18.3. The van der Waals surface area contributed by atoms with Gasteiger partial charge in [0.25, 0.3) is 0 Å². The molecular formula is C24H42N2O2. The van der Waals surface area contributed by atoms with E-state index >= 15 is 0 Å². The third-order valence-corrected chi connectivity index (χ3v) is 10.6. The van der Waals surface area contributed by atoms with Crippen LogP contribution in [-0.4, -0.2) is 71.5 Å². The average Bonchev–Trinajstić information content (AvgIpc) is 2.98. The van der Waals surface area contributed by atoms with E-state index in [1.165, 1.54) is 38.5 Å². The lowest BCUT2D eigenvalue weighted by Gasteiger charge is -2.62. The fourth-order valence-electron chi connectivity index (χ4n) is 8.77. The minimum absolute atomic E-state index is 0.0738. The van der Waals surface area contributed by atoms with Crippen molar-refractivity contribution < 1.29 is 10.2 Å². The number of hydrogen-bond donors (Lipinski definition) is 2. The van der Waals surface area contributed by atoms with Crippen LogP contribution in [0, 0.1) is 34.5 Å². The largest absolute Gasteiger partial charge is 0.393 e. The SMILES string of the molecule is CN1CCN([C@H]2C[C@@]3(C)[C@@H](CC[C@@H]4[C@@H]3CC[C@]3(C)[C@@H](O)CC[C@@H]43)C[C@@H]2O)CC1. The van der Waals surface area contributed by atoms with Gasteiger partial charge in [-0.1, -0.05) is 13.8 Å². The van der Waals surface area contributed by atoms with Gasteiger partial charge in [-0.15, -0.1) is 0 Å². The molecule has 0 aromatic heterocycles. The smallest absolute Gasteiger partial charge is 0.0698 e. The van der Waals surface area contributed by atoms with Gasteiger partial charge in [0, 0.05) is 32.2 Å². The predicted octanol–water partition coefficient (Wildman–Crippen LogP) is 2.98. The predicted molar refractivity (Wildman–Crippen MR) is 112 cm³/mol. The van der Waals surface area contributed by atoms with Crippen molar-refractivity contribution in [2.45, 2.75) is 83.5 Å². The van der Waals surface area contributed by atoms with Crippen LogP contribution in [0.25, 0.3) is 0 Å². The highest BCUT2D eigenvalue weighted by Crippen LogP contribution is 2.66.